The van der Waals surface area contributed by atoms with Crippen molar-refractivity contribution >= 4 is 45.1 Å². The highest BCUT2D eigenvalue weighted by Crippen LogP contribution is 2.26. The van der Waals surface area contributed by atoms with Crippen molar-refractivity contribution in [1.82, 2.24) is 15.6 Å². The first kappa shape index (κ1) is 23.5. The maximum atomic E-state index is 12.9. The first-order valence-electron chi connectivity index (χ1n) is 10.4. The van der Waals surface area contributed by atoms with Crippen LogP contribution in [0, 0.1) is 5.92 Å². The number of rotatable bonds is 9. The summed E-state index contributed by atoms with van der Waals surface area (Å²) in [7, 11) is 0. The minimum atomic E-state index is -0.835. The van der Waals surface area contributed by atoms with Gasteiger partial charge >= 0.3 is 6.09 Å². The number of aldehydes is 1. The molecule has 0 bridgehead atoms. The van der Waals surface area contributed by atoms with Gasteiger partial charge in [-0.05, 0) is 39.0 Å². The summed E-state index contributed by atoms with van der Waals surface area (Å²) in [4.78, 5) is 40.0. The number of aromatic nitrogens is 1. The lowest BCUT2D eigenvalue weighted by molar-refractivity contribution is -0.126. The zero-order valence-electron chi connectivity index (χ0n) is 17.9. The predicted molar refractivity (Wildman–Crippen MR) is 126 cm³/mol. The van der Waals surface area contributed by atoms with Crippen molar-refractivity contribution < 1.29 is 19.1 Å². The van der Waals surface area contributed by atoms with Gasteiger partial charge in [-0.2, -0.15) is 0 Å². The molecule has 1 unspecified atom stereocenters. The fraction of sp³-hybridized carbons (Fsp3) is 0.292. The van der Waals surface area contributed by atoms with E-state index in [4.69, 9.17) is 4.74 Å². The second kappa shape index (κ2) is 10.9. The maximum Gasteiger partial charge on any atom is 0.408 e. The Morgan fingerprint density at radius 2 is 1.84 bits per heavy atom. The van der Waals surface area contributed by atoms with Crippen molar-refractivity contribution in [2.75, 3.05) is 0 Å². The summed E-state index contributed by atoms with van der Waals surface area (Å²) in [5, 5.41) is 6.33. The molecule has 0 aliphatic carbocycles. The third-order valence-corrected chi connectivity index (χ3v) is 5.78. The number of alkyl carbamates (subject to hydrolysis) is 1. The quantitative estimate of drug-likeness (QED) is 0.385. The predicted octanol–water partition coefficient (Wildman–Crippen LogP) is 4.11. The topological polar surface area (TPSA) is 100 Å². The number of nitrogens with one attached hydrogen (secondary N) is 3. The summed E-state index contributed by atoms with van der Waals surface area (Å²) >= 11 is 3.50. The number of hydrogen-bond acceptors (Lipinski definition) is 4. The van der Waals surface area contributed by atoms with E-state index in [2.05, 4.69) is 31.5 Å². The molecule has 3 N–H and O–H groups in total. The first-order valence-corrected chi connectivity index (χ1v) is 11.2. The van der Waals surface area contributed by atoms with E-state index in [-0.39, 0.29) is 12.5 Å². The summed E-state index contributed by atoms with van der Waals surface area (Å²) in [5.74, 6) is -0.634. The largest absolute Gasteiger partial charge is 0.445 e. The van der Waals surface area contributed by atoms with E-state index in [0.29, 0.717) is 12.7 Å². The van der Waals surface area contributed by atoms with Crippen molar-refractivity contribution in [3.8, 4) is 0 Å². The lowest BCUT2D eigenvalue weighted by atomic mass is 10.0. The summed E-state index contributed by atoms with van der Waals surface area (Å²) in [6.45, 7) is 3.73. The second-order valence-electron chi connectivity index (χ2n) is 7.86. The number of amides is 2. The van der Waals surface area contributed by atoms with Crippen molar-refractivity contribution in [1.29, 1.82) is 0 Å². The molecule has 7 nitrogen and oxygen atoms in total. The van der Waals surface area contributed by atoms with Crippen molar-refractivity contribution in [3.05, 3.63) is 70.3 Å². The number of carbonyl (C=O) groups excluding carboxylic acids is 3. The highest BCUT2D eigenvalue weighted by Gasteiger charge is 2.27. The Morgan fingerprint density at radius 3 is 2.53 bits per heavy atom. The first-order chi connectivity index (χ1) is 15.4. The number of H-pyrrole nitrogens is 1. The monoisotopic (exact) mass is 499 g/mol. The van der Waals surface area contributed by atoms with E-state index in [0.717, 1.165) is 26.5 Å². The Morgan fingerprint density at radius 1 is 1.09 bits per heavy atom. The lowest BCUT2D eigenvalue weighted by Gasteiger charge is -2.23. The van der Waals surface area contributed by atoms with Crippen molar-refractivity contribution in [3.63, 3.8) is 0 Å². The van der Waals surface area contributed by atoms with Gasteiger partial charge in [0.05, 0.1) is 11.6 Å². The van der Waals surface area contributed by atoms with Crippen LogP contribution in [0.3, 0.4) is 0 Å². The zero-order valence-corrected chi connectivity index (χ0v) is 19.5. The van der Waals surface area contributed by atoms with E-state index in [1.807, 2.05) is 68.6 Å². The zero-order chi connectivity index (χ0) is 23.1. The normalized spacial score (nSPS) is 12.9. The number of fused-ring (bicyclic) bond motifs is 1. The molecule has 3 aromatic rings. The molecule has 1 aromatic heterocycles. The van der Waals surface area contributed by atoms with Crippen LogP contribution in [0.2, 0.25) is 0 Å². The minimum Gasteiger partial charge on any atom is -0.445 e. The van der Waals surface area contributed by atoms with E-state index in [1.165, 1.54) is 0 Å². The van der Waals surface area contributed by atoms with Gasteiger partial charge in [-0.15, -0.1) is 0 Å². The van der Waals surface area contributed by atoms with E-state index < -0.39 is 24.1 Å². The molecule has 168 valence electrons. The average Bonchev–Trinajstić information content (AvgIpc) is 3.20. The van der Waals surface area contributed by atoms with Crippen LogP contribution in [0.4, 0.5) is 4.79 Å². The Hall–Kier alpha value is -3.13. The molecule has 1 heterocycles. The van der Waals surface area contributed by atoms with Crippen LogP contribution in [0.15, 0.2) is 59.2 Å². The number of aromatic amines is 1. The molecule has 2 aromatic carbocycles. The Bertz CT molecular complexity index is 1080. The lowest BCUT2D eigenvalue weighted by Crippen LogP contribution is -2.52. The van der Waals surface area contributed by atoms with Crippen LogP contribution in [0.25, 0.3) is 10.9 Å². The summed E-state index contributed by atoms with van der Waals surface area (Å²) in [6, 6.07) is 13.5. The van der Waals surface area contributed by atoms with Crippen molar-refractivity contribution in [2.24, 2.45) is 5.92 Å². The Kier molecular flexibility index (Phi) is 8.05. The molecule has 3 rings (SSSR count). The minimum absolute atomic E-state index is 0.103. The van der Waals surface area contributed by atoms with Crippen LogP contribution >= 0.6 is 15.9 Å². The third-order valence-electron chi connectivity index (χ3n) is 5.12. The summed E-state index contributed by atoms with van der Waals surface area (Å²) in [5.41, 5.74) is 2.69. The SMILES string of the molecule is CC(C)[C@H](NC(=O)OCc1ccccc1)C(=O)NC(C=O)Cc1c[nH]c2c(Br)cccc12. The van der Waals surface area contributed by atoms with Crippen LogP contribution < -0.4 is 10.6 Å². The standard InChI is InChI=1S/C24H26BrN3O4/c1-15(2)21(28-24(31)32-14-16-7-4-3-5-8-16)23(30)27-18(13-29)11-17-12-26-22-19(17)9-6-10-20(22)25/h3-10,12-13,15,18,21,26H,11,14H2,1-2H3,(H,27,30)(H,28,31)/t18?,21-/m0/s1. The molecule has 0 radical (unpaired) electrons. The van der Waals surface area contributed by atoms with Gasteiger partial charge in [0.25, 0.3) is 0 Å². The van der Waals surface area contributed by atoms with Gasteiger partial charge in [-0.1, -0.05) is 56.3 Å². The number of ether oxygens (including phenoxy) is 1. The number of halogens is 1. The Balaban J connectivity index is 1.61. The highest BCUT2D eigenvalue weighted by molar-refractivity contribution is 9.10. The second-order valence-corrected chi connectivity index (χ2v) is 8.71. The van der Waals surface area contributed by atoms with Gasteiger partial charge in [0, 0.05) is 22.5 Å². The van der Waals surface area contributed by atoms with Gasteiger partial charge in [-0.25, -0.2) is 4.79 Å². The molecule has 0 aliphatic rings. The van der Waals surface area contributed by atoms with Gasteiger partial charge in [0.2, 0.25) is 5.91 Å². The van der Waals surface area contributed by atoms with E-state index >= 15 is 0 Å². The third kappa shape index (κ3) is 5.97. The molecule has 0 fully saturated rings. The van der Waals surface area contributed by atoms with Gasteiger partial charge in [0.15, 0.2) is 0 Å². The fourth-order valence-corrected chi connectivity index (χ4v) is 3.89. The van der Waals surface area contributed by atoms with Crippen LogP contribution in [0.1, 0.15) is 25.0 Å². The van der Waals surface area contributed by atoms with Crippen LogP contribution in [0.5, 0.6) is 0 Å². The van der Waals surface area contributed by atoms with E-state index in [1.54, 1.807) is 0 Å². The average molecular weight is 500 g/mol. The van der Waals surface area contributed by atoms with E-state index in [9.17, 15) is 14.4 Å². The van der Waals surface area contributed by atoms with Gasteiger partial charge in [0.1, 0.15) is 18.9 Å². The Labute approximate surface area is 195 Å². The molecule has 8 heteroatoms. The summed E-state index contributed by atoms with van der Waals surface area (Å²) < 4.78 is 6.15. The highest BCUT2D eigenvalue weighted by atomic mass is 79.9. The van der Waals surface area contributed by atoms with Gasteiger partial charge in [-0.3, -0.25) is 4.79 Å². The molecule has 2 amide bonds. The smallest absolute Gasteiger partial charge is 0.408 e. The number of hydrogen-bond donors (Lipinski definition) is 3. The summed E-state index contributed by atoms with van der Waals surface area (Å²) in [6.07, 6.45) is 2.18. The number of benzene rings is 2. The van der Waals surface area contributed by atoms with Gasteiger partial charge < -0.3 is 25.1 Å². The number of carbonyl (C=O) groups is 3. The fourth-order valence-electron chi connectivity index (χ4n) is 3.41. The molecule has 0 spiro atoms. The molecule has 0 saturated heterocycles. The van der Waals surface area contributed by atoms with Crippen LogP contribution in [-0.4, -0.2) is 35.4 Å². The van der Waals surface area contributed by atoms with Crippen LogP contribution in [-0.2, 0) is 27.4 Å². The molecular weight excluding hydrogens is 474 g/mol. The molecule has 0 aliphatic heterocycles. The molecule has 0 saturated carbocycles. The molecule has 2 atom stereocenters. The van der Waals surface area contributed by atoms with Crippen molar-refractivity contribution in [2.45, 2.75) is 39.0 Å². The molecular formula is C24H26BrN3O4. The number of para-hydroxylation sites is 1. The maximum absolute atomic E-state index is 12.9. The molecule has 32 heavy (non-hydrogen) atoms.